The van der Waals surface area contributed by atoms with Crippen LogP contribution in [-0.2, 0) is 0 Å². The molecular weight excluding hydrogens is 340 g/mol. The highest BCUT2D eigenvalue weighted by atomic mass is 16.2. The van der Waals surface area contributed by atoms with Crippen molar-refractivity contribution >= 4 is 11.6 Å². The van der Waals surface area contributed by atoms with E-state index < -0.39 is 0 Å². The Morgan fingerprint density at radius 3 is 2.52 bits per heavy atom. The van der Waals surface area contributed by atoms with Gasteiger partial charge in [0.2, 0.25) is 0 Å². The Bertz CT molecular complexity index is 922. The second kappa shape index (κ2) is 7.19. The summed E-state index contributed by atoms with van der Waals surface area (Å²) >= 11 is 0. The summed E-state index contributed by atoms with van der Waals surface area (Å²) in [7, 11) is 0. The van der Waals surface area contributed by atoms with Crippen LogP contribution in [0.25, 0.3) is 5.82 Å². The summed E-state index contributed by atoms with van der Waals surface area (Å²) in [5.74, 6) is 0.666. The number of carbonyl (C=O) groups excluding carboxylic acids is 1. The summed E-state index contributed by atoms with van der Waals surface area (Å²) < 4.78 is 1.69. The minimum atomic E-state index is 0.0304. The lowest BCUT2D eigenvalue weighted by Gasteiger charge is -2.41. The molecule has 7 heteroatoms. The lowest BCUT2D eigenvalue weighted by molar-refractivity contribution is 0.0674. The van der Waals surface area contributed by atoms with Gasteiger partial charge in [0.25, 0.3) is 5.91 Å². The highest BCUT2D eigenvalue weighted by Gasteiger charge is 2.28. The molecule has 1 aromatic carbocycles. The van der Waals surface area contributed by atoms with E-state index in [0.29, 0.717) is 17.9 Å². The van der Waals surface area contributed by atoms with Crippen LogP contribution in [0, 0.1) is 6.92 Å². The zero-order valence-electron chi connectivity index (χ0n) is 15.5. The van der Waals surface area contributed by atoms with E-state index in [9.17, 15) is 4.79 Å². The molecule has 1 amide bonds. The fourth-order valence-corrected chi connectivity index (χ4v) is 3.43. The molecule has 4 rings (SSSR count). The van der Waals surface area contributed by atoms with Gasteiger partial charge in [0.1, 0.15) is 18.5 Å². The molecule has 1 aliphatic heterocycles. The molecule has 1 fully saturated rings. The fourth-order valence-electron chi connectivity index (χ4n) is 3.43. The van der Waals surface area contributed by atoms with Crippen molar-refractivity contribution in [2.24, 2.45) is 0 Å². The summed E-state index contributed by atoms with van der Waals surface area (Å²) in [6.07, 6.45) is 4.79. The molecule has 0 bridgehead atoms. The Morgan fingerprint density at radius 2 is 1.81 bits per heavy atom. The molecular formula is C20H22N6O. The van der Waals surface area contributed by atoms with Crippen LogP contribution >= 0.6 is 0 Å². The largest absolute Gasteiger partial charge is 0.368 e. The van der Waals surface area contributed by atoms with E-state index in [1.165, 1.54) is 11.3 Å². The number of piperazine rings is 1. The SMILES string of the molecule is Cc1ccc(N2CCN(C(=O)c3ccnc(-n4cnnc4)c3)[C@H](C)C2)cc1. The van der Waals surface area contributed by atoms with Crippen molar-refractivity contribution in [3.05, 3.63) is 66.4 Å². The Labute approximate surface area is 158 Å². The molecule has 3 heterocycles. The van der Waals surface area contributed by atoms with Crippen molar-refractivity contribution in [2.75, 3.05) is 24.5 Å². The van der Waals surface area contributed by atoms with Gasteiger partial charge in [0, 0.05) is 43.1 Å². The number of rotatable bonds is 3. The molecule has 0 unspecified atom stereocenters. The van der Waals surface area contributed by atoms with E-state index in [0.717, 1.165) is 13.1 Å². The maximum absolute atomic E-state index is 13.1. The summed E-state index contributed by atoms with van der Waals surface area (Å²) in [4.78, 5) is 21.6. The molecule has 0 spiro atoms. The van der Waals surface area contributed by atoms with Crippen LogP contribution in [0.2, 0.25) is 0 Å². The van der Waals surface area contributed by atoms with Crippen LogP contribution in [0.3, 0.4) is 0 Å². The van der Waals surface area contributed by atoms with Gasteiger partial charge < -0.3 is 9.80 Å². The van der Waals surface area contributed by atoms with E-state index in [-0.39, 0.29) is 11.9 Å². The van der Waals surface area contributed by atoms with Crippen LogP contribution < -0.4 is 4.90 Å². The van der Waals surface area contributed by atoms with Crippen molar-refractivity contribution < 1.29 is 4.79 Å². The first-order valence-electron chi connectivity index (χ1n) is 9.05. The van der Waals surface area contributed by atoms with Gasteiger partial charge in [-0.15, -0.1) is 10.2 Å². The number of carbonyl (C=O) groups is 1. The van der Waals surface area contributed by atoms with Gasteiger partial charge in [0.05, 0.1) is 0 Å². The second-order valence-corrected chi connectivity index (χ2v) is 6.90. The summed E-state index contributed by atoms with van der Waals surface area (Å²) in [5, 5.41) is 7.58. The van der Waals surface area contributed by atoms with E-state index in [1.54, 1.807) is 35.6 Å². The first kappa shape index (κ1) is 17.2. The predicted molar refractivity (Wildman–Crippen MR) is 103 cm³/mol. The second-order valence-electron chi connectivity index (χ2n) is 6.90. The van der Waals surface area contributed by atoms with Crippen LogP contribution in [0.1, 0.15) is 22.8 Å². The number of hydrogen-bond acceptors (Lipinski definition) is 5. The quantitative estimate of drug-likeness (QED) is 0.715. The molecule has 138 valence electrons. The number of nitrogens with zero attached hydrogens (tertiary/aromatic N) is 6. The van der Waals surface area contributed by atoms with Gasteiger partial charge in [-0.3, -0.25) is 9.36 Å². The molecule has 0 N–H and O–H groups in total. The summed E-state index contributed by atoms with van der Waals surface area (Å²) in [5.41, 5.74) is 3.09. The maximum Gasteiger partial charge on any atom is 0.254 e. The standard InChI is InChI=1S/C20H22N6O/c1-15-3-5-18(6-4-15)24-9-10-26(16(2)12-24)20(27)17-7-8-21-19(11-17)25-13-22-23-14-25/h3-8,11,13-14,16H,9-10,12H2,1-2H3/t16-/m1/s1. The molecule has 27 heavy (non-hydrogen) atoms. The molecule has 7 nitrogen and oxygen atoms in total. The molecule has 0 saturated carbocycles. The zero-order valence-corrected chi connectivity index (χ0v) is 15.5. The van der Waals surface area contributed by atoms with Gasteiger partial charge in [-0.25, -0.2) is 4.98 Å². The van der Waals surface area contributed by atoms with Crippen LogP contribution in [-0.4, -0.2) is 56.2 Å². The predicted octanol–water partition coefficient (Wildman–Crippen LogP) is 2.32. The van der Waals surface area contributed by atoms with Gasteiger partial charge in [-0.1, -0.05) is 17.7 Å². The average molecular weight is 362 g/mol. The third kappa shape index (κ3) is 3.53. The Morgan fingerprint density at radius 1 is 1.07 bits per heavy atom. The Hall–Kier alpha value is -3.22. The third-order valence-corrected chi connectivity index (χ3v) is 4.96. The summed E-state index contributed by atoms with van der Waals surface area (Å²) in [6.45, 7) is 6.52. The molecule has 1 atom stereocenters. The Kier molecular flexibility index (Phi) is 4.58. The number of amides is 1. The lowest BCUT2D eigenvalue weighted by atomic mass is 10.1. The monoisotopic (exact) mass is 362 g/mol. The number of anilines is 1. The molecule has 2 aromatic heterocycles. The van der Waals surface area contributed by atoms with Crippen LogP contribution in [0.4, 0.5) is 5.69 Å². The number of aryl methyl sites for hydroxylation is 1. The lowest BCUT2D eigenvalue weighted by Crippen LogP contribution is -2.54. The van der Waals surface area contributed by atoms with Crippen molar-refractivity contribution in [3.8, 4) is 5.82 Å². The molecule has 0 radical (unpaired) electrons. The third-order valence-electron chi connectivity index (χ3n) is 4.96. The van der Waals surface area contributed by atoms with Crippen molar-refractivity contribution in [1.29, 1.82) is 0 Å². The van der Waals surface area contributed by atoms with Gasteiger partial charge in [0.15, 0.2) is 0 Å². The highest BCUT2D eigenvalue weighted by Crippen LogP contribution is 2.21. The van der Waals surface area contributed by atoms with E-state index >= 15 is 0 Å². The average Bonchev–Trinajstić information content (AvgIpc) is 3.23. The summed E-state index contributed by atoms with van der Waals surface area (Å²) in [6, 6.07) is 12.2. The topological polar surface area (TPSA) is 67.2 Å². The molecule has 0 aliphatic carbocycles. The first-order chi connectivity index (χ1) is 13.1. The number of benzene rings is 1. The van der Waals surface area contributed by atoms with Gasteiger partial charge in [-0.2, -0.15) is 0 Å². The van der Waals surface area contributed by atoms with Crippen LogP contribution in [0.5, 0.6) is 0 Å². The van der Waals surface area contributed by atoms with Gasteiger partial charge >= 0.3 is 0 Å². The normalized spacial score (nSPS) is 17.2. The molecule has 1 saturated heterocycles. The molecule has 1 aliphatic rings. The number of hydrogen-bond donors (Lipinski definition) is 0. The maximum atomic E-state index is 13.1. The first-order valence-corrected chi connectivity index (χ1v) is 9.05. The Balaban J connectivity index is 1.49. The minimum Gasteiger partial charge on any atom is -0.368 e. The van der Waals surface area contributed by atoms with E-state index in [2.05, 4.69) is 58.2 Å². The van der Waals surface area contributed by atoms with Gasteiger partial charge in [-0.05, 0) is 38.1 Å². The molecule has 3 aromatic rings. The van der Waals surface area contributed by atoms with Crippen molar-refractivity contribution in [1.82, 2.24) is 24.6 Å². The zero-order chi connectivity index (χ0) is 18.8. The van der Waals surface area contributed by atoms with E-state index in [4.69, 9.17) is 0 Å². The van der Waals surface area contributed by atoms with Crippen LogP contribution in [0.15, 0.2) is 55.2 Å². The van der Waals surface area contributed by atoms with E-state index in [1.807, 2.05) is 4.90 Å². The van der Waals surface area contributed by atoms with Crippen molar-refractivity contribution in [2.45, 2.75) is 19.9 Å². The fraction of sp³-hybridized carbons (Fsp3) is 0.300. The highest BCUT2D eigenvalue weighted by molar-refractivity contribution is 5.95. The van der Waals surface area contributed by atoms with Crippen molar-refractivity contribution in [3.63, 3.8) is 0 Å². The number of aromatic nitrogens is 4. The smallest absolute Gasteiger partial charge is 0.254 e. The number of pyridine rings is 1. The minimum absolute atomic E-state index is 0.0304.